The molecule has 0 aromatic heterocycles. The molecule has 0 radical (unpaired) electrons. The molecule has 0 spiro atoms. The summed E-state index contributed by atoms with van der Waals surface area (Å²) in [7, 11) is 0. The standard InChI is InChI=1S/2CF3.Pt/c2*2-1(3)4;/q2*-1;+2. The molecule has 0 aromatic carbocycles. The van der Waals surface area contributed by atoms with E-state index in [4.69, 9.17) is 0 Å². The molecule has 0 fully saturated rings. The van der Waals surface area contributed by atoms with Crippen molar-refractivity contribution in [2.75, 3.05) is 0 Å². The van der Waals surface area contributed by atoms with E-state index >= 15 is 0 Å². The minimum absolute atomic E-state index is 0. The topological polar surface area (TPSA) is 0 Å². The van der Waals surface area contributed by atoms with E-state index in [9.17, 15) is 26.3 Å². The number of hydrogen-bond donors (Lipinski definition) is 0. The van der Waals surface area contributed by atoms with Crippen LogP contribution in [0.25, 0.3) is 0 Å². The molecule has 0 aliphatic heterocycles. The van der Waals surface area contributed by atoms with Crippen LogP contribution in [0.1, 0.15) is 0 Å². The monoisotopic (exact) mass is 333 g/mol. The van der Waals surface area contributed by atoms with Crippen molar-refractivity contribution in [1.82, 2.24) is 0 Å². The summed E-state index contributed by atoms with van der Waals surface area (Å²) < 4.78 is 57.5. The molecule has 7 heteroatoms. The number of halogens is 6. The van der Waals surface area contributed by atoms with E-state index < -0.39 is 13.4 Å². The van der Waals surface area contributed by atoms with Crippen LogP contribution >= 0.6 is 0 Å². The molecular weight excluding hydrogens is 333 g/mol. The minimum atomic E-state index is -3.08. The van der Waals surface area contributed by atoms with Gasteiger partial charge in [0, 0.05) is 0 Å². The zero-order chi connectivity index (χ0) is 7.15. The van der Waals surface area contributed by atoms with Crippen molar-refractivity contribution in [2.45, 2.75) is 0 Å². The summed E-state index contributed by atoms with van der Waals surface area (Å²) in [5.74, 6) is 0. The van der Waals surface area contributed by atoms with Crippen LogP contribution in [0.15, 0.2) is 0 Å². The molecule has 0 saturated heterocycles. The Hall–Kier alpha value is 0.268. The van der Waals surface area contributed by atoms with Crippen LogP contribution in [0.2, 0.25) is 0 Å². The van der Waals surface area contributed by atoms with Gasteiger partial charge in [0.2, 0.25) is 0 Å². The zero-order valence-corrected chi connectivity index (χ0v) is 5.86. The van der Waals surface area contributed by atoms with Gasteiger partial charge in [-0.3, -0.25) is 0 Å². The quantitative estimate of drug-likeness (QED) is 0.472. The van der Waals surface area contributed by atoms with Gasteiger partial charge >= 0.3 is 21.1 Å². The van der Waals surface area contributed by atoms with E-state index in [1.165, 1.54) is 0 Å². The van der Waals surface area contributed by atoms with Crippen molar-refractivity contribution in [3.63, 3.8) is 0 Å². The molecule has 0 heterocycles. The predicted molar refractivity (Wildman–Crippen MR) is 13.1 cm³/mol. The smallest absolute Gasteiger partial charge is 0.385 e. The van der Waals surface area contributed by atoms with E-state index in [2.05, 4.69) is 0 Å². The Balaban J connectivity index is -0.0000000720. The fraction of sp³-hybridized carbons (Fsp3) is 0. The number of rotatable bonds is 0. The minimum Gasteiger partial charge on any atom is -0.385 e. The van der Waals surface area contributed by atoms with Gasteiger partial charge in [-0.05, 0) is 0 Å². The van der Waals surface area contributed by atoms with Crippen LogP contribution in [-0.4, -0.2) is 0 Å². The van der Waals surface area contributed by atoms with Crippen molar-refractivity contribution in [3.05, 3.63) is 13.4 Å². The van der Waals surface area contributed by atoms with Crippen LogP contribution in [0, 0.1) is 13.4 Å². The molecule has 0 nitrogen and oxygen atoms in total. The van der Waals surface area contributed by atoms with Crippen molar-refractivity contribution in [3.8, 4) is 0 Å². The molecular formula is C2F6Pt. The fourth-order valence-electron chi connectivity index (χ4n) is 0. The van der Waals surface area contributed by atoms with Crippen molar-refractivity contribution < 1.29 is 47.4 Å². The summed E-state index contributed by atoms with van der Waals surface area (Å²) in [6.07, 6.45) is 0. The fourth-order valence-corrected chi connectivity index (χ4v) is 0. The van der Waals surface area contributed by atoms with Crippen LogP contribution < -0.4 is 0 Å². The third kappa shape index (κ3) is 4510. The van der Waals surface area contributed by atoms with Crippen LogP contribution in [0.5, 0.6) is 0 Å². The van der Waals surface area contributed by atoms with Crippen molar-refractivity contribution in [2.24, 2.45) is 0 Å². The van der Waals surface area contributed by atoms with Crippen LogP contribution in [-0.2, 0) is 21.1 Å². The van der Waals surface area contributed by atoms with Gasteiger partial charge in [0.1, 0.15) is 0 Å². The van der Waals surface area contributed by atoms with Gasteiger partial charge in [-0.2, -0.15) is 0 Å². The molecule has 0 rings (SSSR count). The molecule has 0 unspecified atom stereocenters. The normalized spacial score (nSPS) is 8.00. The average molecular weight is 333 g/mol. The van der Waals surface area contributed by atoms with Gasteiger partial charge in [0.25, 0.3) is 0 Å². The van der Waals surface area contributed by atoms with Gasteiger partial charge < -0.3 is 26.3 Å². The second kappa shape index (κ2) is 11.1. The first-order chi connectivity index (χ1) is 3.46. The van der Waals surface area contributed by atoms with Gasteiger partial charge in [-0.15, -0.1) is 0 Å². The summed E-state index contributed by atoms with van der Waals surface area (Å²) in [6.45, 7) is -6.17. The molecule has 60 valence electrons. The summed E-state index contributed by atoms with van der Waals surface area (Å²) >= 11 is 0. The Labute approximate surface area is 61.5 Å². The third-order valence-corrected chi connectivity index (χ3v) is 0. The van der Waals surface area contributed by atoms with Gasteiger partial charge in [-0.25, -0.2) is 0 Å². The molecule has 0 saturated carbocycles. The molecule has 0 atom stereocenters. The molecule has 0 aliphatic rings. The van der Waals surface area contributed by atoms with E-state index in [1.807, 2.05) is 0 Å². The van der Waals surface area contributed by atoms with E-state index in [0.717, 1.165) is 0 Å². The van der Waals surface area contributed by atoms with Crippen molar-refractivity contribution in [1.29, 1.82) is 0 Å². The largest absolute Gasteiger partial charge is 2.00 e. The Kier molecular flexibility index (Phi) is 19.9. The first-order valence-electron chi connectivity index (χ1n) is 1.13. The van der Waals surface area contributed by atoms with Gasteiger partial charge in [-0.1, -0.05) is 0 Å². The SMILES string of the molecule is F[C-](F)F.F[C-](F)F.[Pt+2]. The zero-order valence-electron chi connectivity index (χ0n) is 3.58. The van der Waals surface area contributed by atoms with E-state index in [-0.39, 0.29) is 21.1 Å². The predicted octanol–water partition coefficient (Wildman–Crippen LogP) is 2.68. The summed E-state index contributed by atoms with van der Waals surface area (Å²) in [4.78, 5) is 0. The summed E-state index contributed by atoms with van der Waals surface area (Å²) in [5.41, 5.74) is 0. The first kappa shape index (κ1) is 16.1. The Morgan fingerprint density at radius 3 is 0.556 bits per heavy atom. The van der Waals surface area contributed by atoms with E-state index in [0.29, 0.717) is 0 Å². The molecule has 0 aromatic rings. The molecule has 0 aliphatic carbocycles. The van der Waals surface area contributed by atoms with E-state index in [1.54, 1.807) is 0 Å². The van der Waals surface area contributed by atoms with Crippen molar-refractivity contribution >= 4 is 0 Å². The maximum atomic E-state index is 9.58. The first-order valence-corrected chi connectivity index (χ1v) is 1.13. The van der Waals surface area contributed by atoms with Gasteiger partial charge in [0.05, 0.1) is 0 Å². The van der Waals surface area contributed by atoms with Gasteiger partial charge in [0.15, 0.2) is 13.4 Å². The molecule has 0 N–H and O–H groups in total. The summed E-state index contributed by atoms with van der Waals surface area (Å²) in [6, 6.07) is 0. The molecule has 9 heavy (non-hydrogen) atoms. The van der Waals surface area contributed by atoms with Crippen LogP contribution in [0.3, 0.4) is 0 Å². The third-order valence-electron chi connectivity index (χ3n) is 0. The number of hydrogen-bond acceptors (Lipinski definition) is 0. The Morgan fingerprint density at radius 2 is 0.556 bits per heavy atom. The summed E-state index contributed by atoms with van der Waals surface area (Å²) in [5, 5.41) is 0. The maximum absolute atomic E-state index is 9.58. The second-order valence-electron chi connectivity index (χ2n) is 0.429. The Bertz CT molecular complexity index is 26.5. The molecule has 0 bridgehead atoms. The molecule has 0 amide bonds. The average Bonchev–Trinajstić information content (AvgIpc) is 1.25. The van der Waals surface area contributed by atoms with Crippen LogP contribution in [0.4, 0.5) is 26.3 Å². The Morgan fingerprint density at radius 1 is 0.556 bits per heavy atom. The second-order valence-corrected chi connectivity index (χ2v) is 0.429. The maximum Gasteiger partial charge on any atom is 2.00 e.